The van der Waals surface area contributed by atoms with Crippen LogP contribution in [-0.4, -0.2) is 16.1 Å². The van der Waals surface area contributed by atoms with Crippen LogP contribution in [0.1, 0.15) is 22.8 Å². The fourth-order valence-electron chi connectivity index (χ4n) is 3.23. The summed E-state index contributed by atoms with van der Waals surface area (Å²) in [6.07, 6.45) is 10.1. The summed E-state index contributed by atoms with van der Waals surface area (Å²) >= 11 is 1.34. The van der Waals surface area contributed by atoms with Crippen molar-refractivity contribution in [2.45, 2.75) is 6.92 Å². The maximum absolute atomic E-state index is 13.2. The molecule has 1 N–H and O–H groups in total. The van der Waals surface area contributed by atoms with Gasteiger partial charge in [0.05, 0.1) is 21.6 Å². The van der Waals surface area contributed by atoms with Gasteiger partial charge in [-0.3, -0.25) is 9.59 Å². The largest absolute Gasteiger partial charge is 0.321 e. The highest BCUT2D eigenvalue weighted by Gasteiger charge is 2.30. The Balaban J connectivity index is 1.88. The van der Waals surface area contributed by atoms with Crippen LogP contribution in [0.25, 0.3) is 21.3 Å². The first-order valence-corrected chi connectivity index (χ1v) is 9.10. The highest BCUT2D eigenvalue weighted by molar-refractivity contribution is 7.13. The van der Waals surface area contributed by atoms with E-state index < -0.39 is 0 Å². The number of carbonyl (C=O) groups is 2. The molecule has 3 aromatic rings. The normalized spacial score (nSPS) is 12.9. The van der Waals surface area contributed by atoms with Crippen LogP contribution in [0.4, 0.5) is 5.69 Å². The molecule has 0 aliphatic heterocycles. The summed E-state index contributed by atoms with van der Waals surface area (Å²) in [6.45, 7) is 1.80. The summed E-state index contributed by atoms with van der Waals surface area (Å²) in [5.41, 5.74) is 3.48. The predicted octanol–water partition coefficient (Wildman–Crippen LogP) is 4.58. The van der Waals surface area contributed by atoms with Crippen molar-refractivity contribution in [1.82, 2.24) is 4.37 Å². The van der Waals surface area contributed by atoms with E-state index >= 15 is 0 Å². The molecule has 4 nitrogen and oxygen atoms in total. The van der Waals surface area contributed by atoms with Crippen molar-refractivity contribution < 1.29 is 9.59 Å². The molecule has 1 amide bonds. The van der Waals surface area contributed by atoms with Crippen LogP contribution in [-0.2, 0) is 4.79 Å². The SMILES string of the molecule is C#C/C=C(\C=C/C)C(=O)Nc1ccc2snc3c2c1C(=O)c1ccccc1-3. The van der Waals surface area contributed by atoms with E-state index in [1.54, 1.807) is 31.2 Å². The van der Waals surface area contributed by atoms with Gasteiger partial charge < -0.3 is 5.32 Å². The van der Waals surface area contributed by atoms with E-state index in [-0.39, 0.29) is 11.7 Å². The van der Waals surface area contributed by atoms with Gasteiger partial charge in [0.15, 0.2) is 5.78 Å². The molecule has 0 saturated heterocycles. The van der Waals surface area contributed by atoms with Gasteiger partial charge in [-0.2, -0.15) is 4.37 Å². The van der Waals surface area contributed by atoms with Gasteiger partial charge in [0.25, 0.3) is 5.91 Å². The zero-order valence-electron chi connectivity index (χ0n) is 14.4. The number of amides is 1. The van der Waals surface area contributed by atoms with E-state index in [4.69, 9.17) is 6.42 Å². The molecule has 4 rings (SSSR count). The molecule has 5 heteroatoms. The fraction of sp³-hybridized carbons (Fsp3) is 0.0455. The number of ketones is 1. The maximum atomic E-state index is 13.2. The topological polar surface area (TPSA) is 59.1 Å². The Morgan fingerprint density at radius 2 is 2.00 bits per heavy atom. The third kappa shape index (κ3) is 2.67. The highest BCUT2D eigenvalue weighted by atomic mass is 32.1. The molecule has 1 aromatic heterocycles. The standard InChI is InChI=1S/C22H14N2O2S/c1-3-7-13(8-4-2)22(26)23-16-11-12-17-19-18(16)21(25)15-10-6-5-9-14(15)20(19)24-27-17/h1,4-12H,2H3,(H,23,26)/b8-4-,13-7+. The van der Waals surface area contributed by atoms with Gasteiger partial charge in [-0.05, 0) is 30.6 Å². The maximum Gasteiger partial charge on any atom is 0.256 e. The number of benzene rings is 2. The lowest BCUT2D eigenvalue weighted by Gasteiger charge is -2.18. The Bertz CT molecular complexity index is 1210. The van der Waals surface area contributed by atoms with Crippen LogP contribution >= 0.6 is 11.5 Å². The third-order valence-corrected chi connectivity index (χ3v) is 5.20. The van der Waals surface area contributed by atoms with Crippen LogP contribution in [0.15, 0.2) is 60.2 Å². The summed E-state index contributed by atoms with van der Waals surface area (Å²) in [6, 6.07) is 11.0. The van der Waals surface area contributed by atoms with Gasteiger partial charge >= 0.3 is 0 Å². The van der Waals surface area contributed by atoms with Crippen LogP contribution in [0, 0.1) is 12.3 Å². The molecule has 130 valence electrons. The number of allylic oxidation sites excluding steroid dienone is 2. The Kier molecular flexibility index (Phi) is 4.19. The molecule has 0 bridgehead atoms. The molecule has 0 fully saturated rings. The van der Waals surface area contributed by atoms with Gasteiger partial charge in [-0.1, -0.05) is 42.3 Å². The molecule has 27 heavy (non-hydrogen) atoms. The lowest BCUT2D eigenvalue weighted by atomic mass is 9.86. The number of carbonyl (C=O) groups excluding carboxylic acids is 2. The second kappa shape index (κ2) is 6.67. The molecular weight excluding hydrogens is 356 g/mol. The van der Waals surface area contributed by atoms with Crippen LogP contribution in [0.2, 0.25) is 0 Å². The lowest BCUT2D eigenvalue weighted by Crippen LogP contribution is -2.18. The van der Waals surface area contributed by atoms with Crippen LogP contribution in [0.5, 0.6) is 0 Å². The molecule has 0 unspecified atom stereocenters. The zero-order valence-corrected chi connectivity index (χ0v) is 15.3. The molecular formula is C22H14N2O2S. The minimum atomic E-state index is -0.363. The van der Waals surface area contributed by atoms with Crippen molar-refractivity contribution in [2.75, 3.05) is 5.32 Å². The molecule has 1 aliphatic carbocycles. The van der Waals surface area contributed by atoms with Crippen molar-refractivity contribution in [3.05, 3.63) is 71.3 Å². The molecule has 0 atom stereocenters. The number of nitrogens with one attached hydrogen (secondary N) is 1. The van der Waals surface area contributed by atoms with E-state index in [0.717, 1.165) is 21.3 Å². The Morgan fingerprint density at radius 3 is 2.74 bits per heavy atom. The summed E-state index contributed by atoms with van der Waals surface area (Å²) in [5, 5.41) is 3.62. The fourth-order valence-corrected chi connectivity index (χ4v) is 4.03. The van der Waals surface area contributed by atoms with E-state index in [2.05, 4.69) is 15.6 Å². The summed E-state index contributed by atoms with van der Waals surface area (Å²) in [5.74, 6) is 1.89. The van der Waals surface area contributed by atoms with Gasteiger partial charge in [-0.25, -0.2) is 0 Å². The van der Waals surface area contributed by atoms with Gasteiger partial charge in [0.1, 0.15) is 0 Å². The third-order valence-electron chi connectivity index (χ3n) is 4.39. The van der Waals surface area contributed by atoms with Crippen LogP contribution < -0.4 is 5.32 Å². The van der Waals surface area contributed by atoms with Crippen molar-refractivity contribution in [1.29, 1.82) is 0 Å². The number of terminal acetylenes is 1. The number of hydrogen-bond donors (Lipinski definition) is 1. The second-order valence-corrected chi connectivity index (χ2v) is 6.79. The Hall–Kier alpha value is -3.49. The summed E-state index contributed by atoms with van der Waals surface area (Å²) < 4.78 is 5.45. The van der Waals surface area contributed by atoms with Gasteiger partial charge in [0.2, 0.25) is 0 Å². The number of aromatic nitrogens is 1. The number of anilines is 1. The molecule has 0 radical (unpaired) electrons. The first kappa shape index (κ1) is 17.0. The predicted molar refractivity (Wildman–Crippen MR) is 109 cm³/mol. The first-order valence-electron chi connectivity index (χ1n) is 8.32. The van der Waals surface area contributed by atoms with E-state index in [1.165, 1.54) is 17.6 Å². The smallest absolute Gasteiger partial charge is 0.256 e. The lowest BCUT2D eigenvalue weighted by molar-refractivity contribution is -0.112. The number of nitrogens with zero attached hydrogens (tertiary/aromatic N) is 1. The number of fused-ring (bicyclic) bond motifs is 2. The minimum absolute atomic E-state index is 0.118. The van der Waals surface area contributed by atoms with Crippen molar-refractivity contribution in [2.24, 2.45) is 0 Å². The summed E-state index contributed by atoms with van der Waals surface area (Å²) in [4.78, 5) is 25.8. The molecule has 1 heterocycles. The molecule has 1 aliphatic rings. The average molecular weight is 370 g/mol. The Labute approximate surface area is 160 Å². The average Bonchev–Trinajstić information content (AvgIpc) is 3.11. The summed E-state index contributed by atoms with van der Waals surface area (Å²) in [7, 11) is 0. The number of hydrogen-bond acceptors (Lipinski definition) is 4. The molecule has 0 spiro atoms. The Morgan fingerprint density at radius 1 is 1.22 bits per heavy atom. The van der Waals surface area contributed by atoms with E-state index in [1.807, 2.05) is 24.3 Å². The molecule has 0 saturated carbocycles. The monoisotopic (exact) mass is 370 g/mol. The second-order valence-electron chi connectivity index (χ2n) is 5.99. The quantitative estimate of drug-likeness (QED) is 0.326. The zero-order chi connectivity index (χ0) is 19.0. The van der Waals surface area contributed by atoms with E-state index in [0.29, 0.717) is 22.4 Å². The van der Waals surface area contributed by atoms with Crippen LogP contribution in [0.3, 0.4) is 0 Å². The van der Waals surface area contributed by atoms with Crippen molar-refractivity contribution in [3.63, 3.8) is 0 Å². The first-order chi connectivity index (χ1) is 13.2. The van der Waals surface area contributed by atoms with Crippen molar-refractivity contribution >= 4 is 39.0 Å². The van der Waals surface area contributed by atoms with E-state index in [9.17, 15) is 9.59 Å². The van der Waals surface area contributed by atoms with Gasteiger partial charge in [0, 0.05) is 28.2 Å². The minimum Gasteiger partial charge on any atom is -0.321 e. The number of rotatable bonds is 3. The molecule has 2 aromatic carbocycles. The van der Waals surface area contributed by atoms with Crippen molar-refractivity contribution in [3.8, 4) is 23.6 Å². The highest BCUT2D eigenvalue weighted by Crippen LogP contribution is 2.43. The van der Waals surface area contributed by atoms with Gasteiger partial charge in [-0.15, -0.1) is 6.42 Å².